The third-order valence-electron chi connectivity index (χ3n) is 4.56. The van der Waals surface area contributed by atoms with E-state index in [1.54, 1.807) is 0 Å². The molecule has 1 unspecified atom stereocenters. The summed E-state index contributed by atoms with van der Waals surface area (Å²) in [5.74, 6) is -0.295. The fourth-order valence-corrected chi connectivity index (χ4v) is 3.09. The molecule has 1 fully saturated rings. The minimum absolute atomic E-state index is 0.295. The highest BCUT2D eigenvalue weighted by molar-refractivity contribution is 5.93. The number of amides is 3. The maximum atomic E-state index is 11.4. The van der Waals surface area contributed by atoms with E-state index >= 15 is 0 Å². The van der Waals surface area contributed by atoms with E-state index in [1.807, 2.05) is 6.07 Å². The van der Waals surface area contributed by atoms with E-state index in [0.717, 1.165) is 45.6 Å². The Kier molecular flexibility index (Phi) is 7.21. The van der Waals surface area contributed by atoms with Crippen LogP contribution in [0.2, 0.25) is 0 Å². The van der Waals surface area contributed by atoms with Crippen LogP contribution in [0.4, 0.5) is 4.79 Å². The fraction of sp³-hybridized carbons (Fsp3) is 0.556. The lowest BCUT2D eigenvalue weighted by Crippen LogP contribution is -2.36. The normalized spacial score (nSPS) is 19.6. The minimum Gasteiger partial charge on any atom is -0.351 e. The summed E-state index contributed by atoms with van der Waals surface area (Å²) in [7, 11) is 0. The number of rotatable bonds is 6. The number of nitrogens with zero attached hydrogens (tertiary/aromatic N) is 2. The summed E-state index contributed by atoms with van der Waals surface area (Å²) in [5.41, 5.74) is 6.28. The highest BCUT2D eigenvalue weighted by atomic mass is 16.2. The van der Waals surface area contributed by atoms with Crippen molar-refractivity contribution in [1.29, 1.82) is 0 Å². The van der Waals surface area contributed by atoms with Crippen molar-refractivity contribution in [1.82, 2.24) is 15.1 Å². The van der Waals surface area contributed by atoms with E-state index in [1.165, 1.54) is 5.56 Å². The molecule has 0 saturated carbocycles. The molecule has 1 heterocycles. The smallest absolute Gasteiger partial charge is 0.318 e. The highest BCUT2D eigenvalue weighted by Gasteiger charge is 2.20. The van der Waals surface area contributed by atoms with Gasteiger partial charge < -0.3 is 10.6 Å². The van der Waals surface area contributed by atoms with Crippen molar-refractivity contribution in [3.05, 3.63) is 35.9 Å². The molecular formula is C18H28N4O2. The van der Waals surface area contributed by atoms with Crippen LogP contribution in [0.1, 0.15) is 31.7 Å². The molecule has 0 aromatic heterocycles. The Labute approximate surface area is 144 Å². The molecule has 1 saturated heterocycles. The van der Waals surface area contributed by atoms with Gasteiger partial charge in [-0.05, 0) is 38.4 Å². The zero-order valence-electron chi connectivity index (χ0n) is 14.4. The zero-order chi connectivity index (χ0) is 17.4. The average Bonchev–Trinajstić information content (AvgIpc) is 2.71. The van der Waals surface area contributed by atoms with Gasteiger partial charge in [-0.3, -0.25) is 15.0 Å². The van der Waals surface area contributed by atoms with Crippen molar-refractivity contribution in [3.63, 3.8) is 0 Å². The number of nitrogens with one attached hydrogen (secondary N) is 1. The molecule has 0 spiro atoms. The van der Waals surface area contributed by atoms with Crippen LogP contribution in [-0.4, -0.2) is 54.0 Å². The molecule has 24 heavy (non-hydrogen) atoms. The SMILES string of the molecule is CC1CCN(CCCC(=O)NC(N)=O)CCN1Cc1ccccc1. The summed E-state index contributed by atoms with van der Waals surface area (Å²) in [6, 6.07) is 10.3. The summed E-state index contributed by atoms with van der Waals surface area (Å²) >= 11 is 0. The van der Waals surface area contributed by atoms with Crippen LogP contribution in [-0.2, 0) is 11.3 Å². The van der Waals surface area contributed by atoms with E-state index < -0.39 is 6.03 Å². The summed E-state index contributed by atoms with van der Waals surface area (Å²) in [6.45, 7) is 7.23. The molecule has 2 rings (SSSR count). The predicted octanol–water partition coefficient (Wildman–Crippen LogP) is 1.56. The Hall–Kier alpha value is -1.92. The van der Waals surface area contributed by atoms with Crippen molar-refractivity contribution >= 4 is 11.9 Å². The van der Waals surface area contributed by atoms with Crippen LogP contribution in [0, 0.1) is 0 Å². The molecule has 1 aliphatic heterocycles. The standard InChI is InChI=1S/C18H28N4O2/c1-15-9-11-21(10-5-8-17(23)20-18(19)24)12-13-22(15)14-16-6-3-2-4-7-16/h2-4,6-7,15H,5,8-14H2,1H3,(H3,19,20,23,24). The number of nitrogens with two attached hydrogens (primary N) is 1. The second-order valence-electron chi connectivity index (χ2n) is 6.45. The second-order valence-corrected chi connectivity index (χ2v) is 6.45. The Morgan fingerprint density at radius 2 is 1.96 bits per heavy atom. The summed E-state index contributed by atoms with van der Waals surface area (Å²) < 4.78 is 0. The van der Waals surface area contributed by atoms with Crippen LogP contribution >= 0.6 is 0 Å². The first kappa shape index (κ1) is 18.4. The topological polar surface area (TPSA) is 78.7 Å². The van der Waals surface area contributed by atoms with E-state index in [0.29, 0.717) is 12.5 Å². The largest absolute Gasteiger partial charge is 0.351 e. The predicted molar refractivity (Wildman–Crippen MR) is 94.3 cm³/mol. The maximum absolute atomic E-state index is 11.4. The highest BCUT2D eigenvalue weighted by Crippen LogP contribution is 2.15. The Bertz CT molecular complexity index is 535. The quantitative estimate of drug-likeness (QED) is 0.828. The molecule has 3 amide bonds. The lowest BCUT2D eigenvalue weighted by atomic mass is 10.1. The van der Waals surface area contributed by atoms with Gasteiger partial charge in [0.25, 0.3) is 0 Å². The molecule has 1 aromatic rings. The lowest BCUT2D eigenvalue weighted by Gasteiger charge is -2.26. The second kappa shape index (κ2) is 9.39. The van der Waals surface area contributed by atoms with Crippen LogP contribution in [0.3, 0.4) is 0 Å². The number of urea groups is 1. The third-order valence-corrected chi connectivity index (χ3v) is 4.56. The van der Waals surface area contributed by atoms with Gasteiger partial charge in [0.1, 0.15) is 0 Å². The lowest BCUT2D eigenvalue weighted by molar-refractivity contribution is -0.120. The van der Waals surface area contributed by atoms with Gasteiger partial charge in [0, 0.05) is 32.1 Å². The van der Waals surface area contributed by atoms with Crippen molar-refractivity contribution in [2.75, 3.05) is 26.2 Å². The first-order chi connectivity index (χ1) is 11.5. The van der Waals surface area contributed by atoms with Crippen molar-refractivity contribution < 1.29 is 9.59 Å². The monoisotopic (exact) mass is 332 g/mol. The number of primary amides is 1. The zero-order valence-corrected chi connectivity index (χ0v) is 14.4. The number of imide groups is 1. The molecule has 1 atom stereocenters. The van der Waals surface area contributed by atoms with E-state index in [-0.39, 0.29) is 5.91 Å². The Morgan fingerprint density at radius 3 is 2.67 bits per heavy atom. The molecule has 132 valence electrons. The average molecular weight is 332 g/mol. The van der Waals surface area contributed by atoms with Gasteiger partial charge in [-0.1, -0.05) is 30.3 Å². The molecular weight excluding hydrogens is 304 g/mol. The molecule has 0 bridgehead atoms. The van der Waals surface area contributed by atoms with Crippen LogP contribution in [0.15, 0.2) is 30.3 Å². The molecule has 0 aliphatic carbocycles. The van der Waals surface area contributed by atoms with Crippen molar-refractivity contribution in [2.24, 2.45) is 5.73 Å². The minimum atomic E-state index is -0.778. The van der Waals surface area contributed by atoms with E-state index in [2.05, 4.69) is 46.3 Å². The number of carbonyl (C=O) groups is 2. The Morgan fingerprint density at radius 1 is 1.21 bits per heavy atom. The first-order valence-corrected chi connectivity index (χ1v) is 8.64. The number of carbonyl (C=O) groups excluding carboxylic acids is 2. The maximum Gasteiger partial charge on any atom is 0.318 e. The van der Waals surface area contributed by atoms with E-state index in [4.69, 9.17) is 5.73 Å². The van der Waals surface area contributed by atoms with Crippen LogP contribution < -0.4 is 11.1 Å². The fourth-order valence-electron chi connectivity index (χ4n) is 3.09. The summed E-state index contributed by atoms with van der Waals surface area (Å²) in [5, 5.41) is 2.11. The van der Waals surface area contributed by atoms with Gasteiger partial charge >= 0.3 is 6.03 Å². The van der Waals surface area contributed by atoms with E-state index in [9.17, 15) is 9.59 Å². The van der Waals surface area contributed by atoms with Crippen molar-refractivity contribution in [3.8, 4) is 0 Å². The molecule has 3 N–H and O–H groups in total. The number of benzene rings is 1. The van der Waals surface area contributed by atoms with Gasteiger partial charge in [0.2, 0.25) is 5.91 Å². The van der Waals surface area contributed by atoms with Crippen molar-refractivity contribution in [2.45, 2.75) is 38.8 Å². The molecule has 1 aliphatic rings. The molecule has 6 heteroatoms. The molecule has 6 nitrogen and oxygen atoms in total. The molecule has 0 radical (unpaired) electrons. The summed E-state index contributed by atoms with van der Waals surface area (Å²) in [4.78, 5) is 27.0. The van der Waals surface area contributed by atoms with Crippen LogP contribution in [0.25, 0.3) is 0 Å². The van der Waals surface area contributed by atoms with Crippen LogP contribution in [0.5, 0.6) is 0 Å². The first-order valence-electron chi connectivity index (χ1n) is 8.64. The van der Waals surface area contributed by atoms with Gasteiger partial charge in [-0.2, -0.15) is 0 Å². The third kappa shape index (κ3) is 6.29. The number of hydrogen-bond acceptors (Lipinski definition) is 4. The summed E-state index contributed by atoms with van der Waals surface area (Å²) in [6.07, 6.45) is 2.20. The van der Waals surface area contributed by atoms with Gasteiger partial charge in [0.15, 0.2) is 0 Å². The Balaban J connectivity index is 1.75. The van der Waals surface area contributed by atoms with Gasteiger partial charge in [0.05, 0.1) is 0 Å². The number of hydrogen-bond donors (Lipinski definition) is 2. The molecule has 1 aromatic carbocycles. The van der Waals surface area contributed by atoms with Gasteiger partial charge in [-0.15, -0.1) is 0 Å². The van der Waals surface area contributed by atoms with Gasteiger partial charge in [-0.25, -0.2) is 4.79 Å².